The second-order valence-corrected chi connectivity index (χ2v) is 4.41. The minimum Gasteiger partial charge on any atom is -0.497 e. The van der Waals surface area contributed by atoms with Gasteiger partial charge in [0.2, 0.25) is 0 Å². The third-order valence-corrected chi connectivity index (χ3v) is 2.91. The third-order valence-electron chi connectivity index (χ3n) is 2.91. The van der Waals surface area contributed by atoms with Gasteiger partial charge >= 0.3 is 0 Å². The van der Waals surface area contributed by atoms with Crippen LogP contribution in [0.15, 0.2) is 42.5 Å². The first kappa shape index (κ1) is 13.4. The SMILES string of the molecule is CNCc1ccc(Oc2ccc(OC)cc2)c(C)c1. The number of ether oxygens (including phenoxy) is 2. The zero-order valence-corrected chi connectivity index (χ0v) is 11.6. The van der Waals surface area contributed by atoms with E-state index in [0.717, 1.165) is 29.4 Å². The number of methoxy groups -OCH3 is 1. The van der Waals surface area contributed by atoms with Gasteiger partial charge in [-0.05, 0) is 55.4 Å². The molecule has 0 heterocycles. The van der Waals surface area contributed by atoms with Crippen LogP contribution in [0.2, 0.25) is 0 Å². The van der Waals surface area contributed by atoms with Crippen molar-refractivity contribution < 1.29 is 9.47 Å². The van der Waals surface area contributed by atoms with Crippen molar-refractivity contribution >= 4 is 0 Å². The number of aryl methyl sites for hydroxylation is 1. The van der Waals surface area contributed by atoms with E-state index >= 15 is 0 Å². The van der Waals surface area contributed by atoms with Crippen molar-refractivity contribution in [2.75, 3.05) is 14.2 Å². The maximum atomic E-state index is 5.87. The standard InChI is InChI=1S/C16H19NO2/c1-12-10-13(11-17-2)4-9-16(12)19-15-7-5-14(18-3)6-8-15/h4-10,17H,11H2,1-3H3. The van der Waals surface area contributed by atoms with Crippen LogP contribution in [0.1, 0.15) is 11.1 Å². The Labute approximate surface area is 114 Å². The van der Waals surface area contributed by atoms with Gasteiger partial charge in [0.05, 0.1) is 7.11 Å². The summed E-state index contributed by atoms with van der Waals surface area (Å²) in [5, 5.41) is 3.14. The van der Waals surface area contributed by atoms with Gasteiger partial charge in [0.25, 0.3) is 0 Å². The van der Waals surface area contributed by atoms with E-state index in [1.807, 2.05) is 37.4 Å². The van der Waals surface area contributed by atoms with Crippen LogP contribution in [0.25, 0.3) is 0 Å². The minimum atomic E-state index is 0.810. The molecule has 0 aromatic heterocycles. The van der Waals surface area contributed by atoms with E-state index in [1.54, 1.807) is 7.11 Å². The Bertz CT molecular complexity index is 535. The highest BCUT2D eigenvalue weighted by Gasteiger charge is 2.03. The number of rotatable bonds is 5. The van der Waals surface area contributed by atoms with E-state index in [4.69, 9.17) is 9.47 Å². The molecular formula is C16H19NO2. The Balaban J connectivity index is 2.13. The summed E-state index contributed by atoms with van der Waals surface area (Å²) in [6.45, 7) is 2.92. The summed E-state index contributed by atoms with van der Waals surface area (Å²) >= 11 is 0. The maximum Gasteiger partial charge on any atom is 0.130 e. The van der Waals surface area contributed by atoms with E-state index in [2.05, 4.69) is 24.4 Å². The van der Waals surface area contributed by atoms with Crippen molar-refractivity contribution in [2.24, 2.45) is 0 Å². The van der Waals surface area contributed by atoms with Crippen LogP contribution in [0.5, 0.6) is 17.2 Å². The molecular weight excluding hydrogens is 238 g/mol. The fourth-order valence-electron chi connectivity index (χ4n) is 1.91. The van der Waals surface area contributed by atoms with Crippen molar-refractivity contribution in [1.82, 2.24) is 5.32 Å². The lowest BCUT2D eigenvalue weighted by atomic mass is 10.1. The monoisotopic (exact) mass is 257 g/mol. The van der Waals surface area contributed by atoms with Crippen LogP contribution < -0.4 is 14.8 Å². The molecule has 0 saturated heterocycles. The average Bonchev–Trinajstić information content (AvgIpc) is 2.43. The molecule has 0 spiro atoms. The fraction of sp³-hybridized carbons (Fsp3) is 0.250. The van der Waals surface area contributed by atoms with E-state index in [9.17, 15) is 0 Å². The van der Waals surface area contributed by atoms with Gasteiger partial charge in [-0.15, -0.1) is 0 Å². The van der Waals surface area contributed by atoms with E-state index < -0.39 is 0 Å². The van der Waals surface area contributed by atoms with Crippen molar-refractivity contribution in [3.8, 4) is 17.2 Å². The molecule has 0 bridgehead atoms. The van der Waals surface area contributed by atoms with Gasteiger partial charge in [0.1, 0.15) is 17.2 Å². The van der Waals surface area contributed by atoms with Gasteiger partial charge in [-0.1, -0.05) is 12.1 Å². The molecule has 0 fully saturated rings. The fourth-order valence-corrected chi connectivity index (χ4v) is 1.91. The Morgan fingerprint density at radius 1 is 1.00 bits per heavy atom. The second kappa shape index (κ2) is 6.25. The molecule has 2 rings (SSSR count). The van der Waals surface area contributed by atoms with E-state index in [1.165, 1.54) is 5.56 Å². The lowest BCUT2D eigenvalue weighted by molar-refractivity contribution is 0.412. The van der Waals surface area contributed by atoms with Crippen molar-refractivity contribution in [2.45, 2.75) is 13.5 Å². The van der Waals surface area contributed by atoms with Crippen molar-refractivity contribution in [3.05, 3.63) is 53.6 Å². The number of benzene rings is 2. The first-order chi connectivity index (χ1) is 9.22. The van der Waals surface area contributed by atoms with Crippen LogP contribution in [0.4, 0.5) is 0 Å². The van der Waals surface area contributed by atoms with E-state index in [0.29, 0.717) is 0 Å². The predicted molar refractivity (Wildman–Crippen MR) is 77.0 cm³/mol. The molecule has 100 valence electrons. The van der Waals surface area contributed by atoms with Gasteiger partial charge < -0.3 is 14.8 Å². The highest BCUT2D eigenvalue weighted by molar-refractivity contribution is 5.40. The maximum absolute atomic E-state index is 5.87. The summed E-state index contributed by atoms with van der Waals surface area (Å²) in [4.78, 5) is 0. The third kappa shape index (κ3) is 3.48. The molecule has 2 aromatic carbocycles. The zero-order chi connectivity index (χ0) is 13.7. The average molecular weight is 257 g/mol. The Morgan fingerprint density at radius 2 is 1.68 bits per heavy atom. The van der Waals surface area contributed by atoms with Crippen LogP contribution in [-0.2, 0) is 6.54 Å². The molecule has 0 aliphatic carbocycles. The van der Waals surface area contributed by atoms with E-state index in [-0.39, 0.29) is 0 Å². The smallest absolute Gasteiger partial charge is 0.130 e. The first-order valence-corrected chi connectivity index (χ1v) is 6.29. The Hall–Kier alpha value is -2.00. The molecule has 0 amide bonds. The number of nitrogens with one attached hydrogen (secondary N) is 1. The Morgan fingerprint density at radius 3 is 2.26 bits per heavy atom. The lowest BCUT2D eigenvalue weighted by Crippen LogP contribution is -2.05. The molecule has 1 N–H and O–H groups in total. The summed E-state index contributed by atoms with van der Waals surface area (Å²) < 4.78 is 11.0. The van der Waals surface area contributed by atoms with Gasteiger partial charge in [0, 0.05) is 6.54 Å². The Kier molecular flexibility index (Phi) is 4.42. The van der Waals surface area contributed by atoms with Gasteiger partial charge in [-0.25, -0.2) is 0 Å². The van der Waals surface area contributed by atoms with Gasteiger partial charge in [0.15, 0.2) is 0 Å². The van der Waals surface area contributed by atoms with Gasteiger partial charge in [-0.2, -0.15) is 0 Å². The highest BCUT2D eigenvalue weighted by atomic mass is 16.5. The predicted octanol–water partition coefficient (Wildman–Crippen LogP) is 3.52. The molecule has 19 heavy (non-hydrogen) atoms. The summed E-state index contributed by atoms with van der Waals surface area (Å²) in [5.41, 5.74) is 2.38. The molecule has 0 aliphatic heterocycles. The summed E-state index contributed by atoms with van der Waals surface area (Å²) in [7, 11) is 3.59. The highest BCUT2D eigenvalue weighted by Crippen LogP contribution is 2.27. The number of hydrogen-bond acceptors (Lipinski definition) is 3. The molecule has 3 nitrogen and oxygen atoms in total. The molecule has 0 saturated carbocycles. The molecule has 0 unspecified atom stereocenters. The van der Waals surface area contributed by atoms with Gasteiger partial charge in [-0.3, -0.25) is 0 Å². The quantitative estimate of drug-likeness (QED) is 0.889. The molecule has 0 aliphatic rings. The first-order valence-electron chi connectivity index (χ1n) is 6.29. The second-order valence-electron chi connectivity index (χ2n) is 4.41. The largest absolute Gasteiger partial charge is 0.497 e. The summed E-state index contributed by atoms with van der Waals surface area (Å²) in [5.74, 6) is 2.52. The molecule has 2 aromatic rings. The van der Waals surface area contributed by atoms with Crippen molar-refractivity contribution in [1.29, 1.82) is 0 Å². The van der Waals surface area contributed by atoms with Crippen molar-refractivity contribution in [3.63, 3.8) is 0 Å². The number of hydrogen-bond donors (Lipinski definition) is 1. The van der Waals surface area contributed by atoms with Crippen LogP contribution in [0, 0.1) is 6.92 Å². The lowest BCUT2D eigenvalue weighted by Gasteiger charge is -2.10. The molecule has 0 atom stereocenters. The molecule has 3 heteroatoms. The minimum absolute atomic E-state index is 0.810. The van der Waals surface area contributed by atoms with Crippen LogP contribution in [-0.4, -0.2) is 14.2 Å². The topological polar surface area (TPSA) is 30.5 Å². The zero-order valence-electron chi connectivity index (χ0n) is 11.6. The van der Waals surface area contributed by atoms with Crippen LogP contribution in [0.3, 0.4) is 0 Å². The normalized spacial score (nSPS) is 10.3. The molecule has 0 radical (unpaired) electrons. The van der Waals surface area contributed by atoms with Crippen LogP contribution >= 0.6 is 0 Å². The summed E-state index contributed by atoms with van der Waals surface area (Å²) in [6, 6.07) is 13.8. The summed E-state index contributed by atoms with van der Waals surface area (Å²) in [6.07, 6.45) is 0.